The van der Waals surface area contributed by atoms with Gasteiger partial charge in [0.2, 0.25) is 35.4 Å². The number of aliphatic hydroxyl groups excluding tert-OH is 3. The molecule has 0 saturated carbocycles. The highest BCUT2D eigenvalue weighted by atomic mass is 16.3. The molecule has 0 spiro atoms. The van der Waals surface area contributed by atoms with E-state index >= 15 is 0 Å². The molecule has 1 saturated heterocycles. The van der Waals surface area contributed by atoms with E-state index in [1.165, 1.54) is 0 Å². The summed E-state index contributed by atoms with van der Waals surface area (Å²) in [4.78, 5) is 97.2. The molecule has 268 valence electrons. The van der Waals surface area contributed by atoms with Crippen LogP contribution in [-0.2, 0) is 28.8 Å². The Morgan fingerprint density at radius 1 is 0.958 bits per heavy atom. The summed E-state index contributed by atoms with van der Waals surface area (Å²) in [5, 5.41) is 46.0. The van der Waals surface area contributed by atoms with E-state index in [1.54, 1.807) is 0 Å². The Bertz CT molecular complexity index is 1260. The maximum absolute atomic E-state index is 13.6. The third-order valence-corrected chi connectivity index (χ3v) is 6.99. The lowest BCUT2D eigenvalue weighted by Crippen LogP contribution is -2.66. The van der Waals surface area contributed by atoms with Crippen molar-refractivity contribution in [3.63, 3.8) is 0 Å². The van der Waals surface area contributed by atoms with Crippen LogP contribution in [0.5, 0.6) is 0 Å². The highest BCUT2D eigenvalue weighted by Gasteiger charge is 2.38. The maximum Gasteiger partial charge on any atom is 0.338 e. The van der Waals surface area contributed by atoms with Gasteiger partial charge in [0.15, 0.2) is 12.2 Å². The average molecular weight is 686 g/mol. The molecule has 2 heterocycles. The monoisotopic (exact) mass is 685 g/mol. The summed E-state index contributed by atoms with van der Waals surface area (Å²) in [7, 11) is 0. The van der Waals surface area contributed by atoms with Crippen molar-refractivity contribution in [2.75, 3.05) is 26.3 Å². The van der Waals surface area contributed by atoms with Gasteiger partial charge < -0.3 is 75.5 Å². The van der Waals surface area contributed by atoms with E-state index in [1.807, 2.05) is 0 Å². The molecule has 2 aliphatic rings. The number of primary amides is 1. The Morgan fingerprint density at radius 2 is 1.58 bits per heavy atom. The topological polar surface area (TPSA) is 393 Å². The number of rotatable bonds is 10. The van der Waals surface area contributed by atoms with Crippen molar-refractivity contribution in [2.45, 2.75) is 74.2 Å². The van der Waals surface area contributed by atoms with Crippen molar-refractivity contribution in [3.05, 3.63) is 0 Å². The molecule has 0 radical (unpaired) electrons. The molecule has 23 heteroatoms. The molecule has 2 aliphatic heterocycles. The number of nitrogens with one attached hydrogen (secondary N) is 7. The van der Waals surface area contributed by atoms with Gasteiger partial charge in [-0.1, -0.05) is 0 Å². The van der Waals surface area contributed by atoms with Gasteiger partial charge in [-0.05, 0) is 19.4 Å². The van der Waals surface area contributed by atoms with Gasteiger partial charge in [0.1, 0.15) is 30.2 Å². The third-order valence-electron chi connectivity index (χ3n) is 6.99. The van der Waals surface area contributed by atoms with Crippen LogP contribution in [0.1, 0.15) is 25.7 Å². The second kappa shape index (κ2) is 19.0. The van der Waals surface area contributed by atoms with Gasteiger partial charge in [-0.3, -0.25) is 28.8 Å². The standard InChI is InChI=1S/C25H43N13O10/c26-3-1-2-10(27)4-16(41)32-12-6-30-23(47)18(11-5-17(42)37-24(28)36-11)38-20(44)13(7-31-25(29)48)33-21(45)14(8-39)35-22(46)15(9-40)34-19(12)43/h7,10-15,17-18,39-40,42H,1-6,8-9,26-27H2,(H2,29,48)(H,30,47)(H,32,41)(H,33,45)(H,34,43)(H,35,46)(H,38,44)(H3,28,36,37)/t10-,11+,12-,13?,14-,15-,17-,18-/m0/s1. The number of hydrogen-bond donors (Lipinski definition) is 14. The quantitative estimate of drug-likeness (QED) is 0.0950. The number of nitrogens with two attached hydrogens (primary N) is 4. The number of aliphatic hydroxyl groups is 3. The normalized spacial score (nSPS) is 28.5. The third kappa shape index (κ3) is 12.3. The number of amides is 8. The summed E-state index contributed by atoms with van der Waals surface area (Å²) < 4.78 is 0. The van der Waals surface area contributed by atoms with Crippen LogP contribution in [0, 0.1) is 0 Å². The predicted octanol–water partition coefficient (Wildman–Crippen LogP) is -8.87. The highest BCUT2D eigenvalue weighted by Crippen LogP contribution is 2.10. The molecule has 0 aromatic heterocycles. The van der Waals surface area contributed by atoms with E-state index in [0.717, 1.165) is 0 Å². The molecule has 8 atom stereocenters. The van der Waals surface area contributed by atoms with Crippen LogP contribution in [0.15, 0.2) is 9.98 Å². The van der Waals surface area contributed by atoms with Crippen molar-refractivity contribution >= 4 is 53.6 Å². The number of carbonyl (C=O) groups is 7. The lowest BCUT2D eigenvalue weighted by molar-refractivity contribution is -0.136. The minimum absolute atomic E-state index is 0.246. The fourth-order valence-electron chi connectivity index (χ4n) is 4.54. The predicted molar refractivity (Wildman–Crippen MR) is 165 cm³/mol. The van der Waals surface area contributed by atoms with E-state index in [2.05, 4.69) is 47.2 Å². The van der Waals surface area contributed by atoms with E-state index in [-0.39, 0.29) is 18.8 Å². The van der Waals surface area contributed by atoms with E-state index in [9.17, 15) is 48.9 Å². The van der Waals surface area contributed by atoms with Crippen molar-refractivity contribution < 1.29 is 48.9 Å². The highest BCUT2D eigenvalue weighted by molar-refractivity contribution is 6.05. The molecule has 18 N–H and O–H groups in total. The summed E-state index contributed by atoms with van der Waals surface area (Å²) in [5.74, 6) is -6.58. The van der Waals surface area contributed by atoms with Crippen LogP contribution in [0.3, 0.4) is 0 Å². The largest absolute Gasteiger partial charge is 0.394 e. The Labute approximate surface area is 273 Å². The molecule has 8 amide bonds. The van der Waals surface area contributed by atoms with Gasteiger partial charge in [-0.15, -0.1) is 0 Å². The van der Waals surface area contributed by atoms with Crippen LogP contribution in [0.4, 0.5) is 4.79 Å². The van der Waals surface area contributed by atoms with E-state index in [0.29, 0.717) is 25.6 Å². The second-order valence-electron chi connectivity index (χ2n) is 10.8. The summed E-state index contributed by atoms with van der Waals surface area (Å²) >= 11 is 0. The second-order valence-corrected chi connectivity index (χ2v) is 10.8. The van der Waals surface area contributed by atoms with Crippen molar-refractivity contribution in [1.29, 1.82) is 0 Å². The van der Waals surface area contributed by atoms with Crippen LogP contribution in [0.2, 0.25) is 0 Å². The van der Waals surface area contributed by atoms with E-state index in [4.69, 9.17) is 22.9 Å². The zero-order valence-corrected chi connectivity index (χ0v) is 25.8. The van der Waals surface area contributed by atoms with Crippen LogP contribution < -0.4 is 60.2 Å². The van der Waals surface area contributed by atoms with Gasteiger partial charge in [-0.25, -0.2) is 14.8 Å². The van der Waals surface area contributed by atoms with Crippen molar-refractivity contribution in [3.8, 4) is 0 Å². The zero-order valence-electron chi connectivity index (χ0n) is 25.8. The van der Waals surface area contributed by atoms with Crippen LogP contribution >= 0.6 is 0 Å². The summed E-state index contributed by atoms with van der Waals surface area (Å²) in [5.41, 5.74) is 22.2. The van der Waals surface area contributed by atoms with Gasteiger partial charge in [0.25, 0.3) is 0 Å². The molecule has 0 aromatic rings. The first-order valence-electron chi connectivity index (χ1n) is 14.8. The number of carbonyl (C=O) groups excluding carboxylic acids is 7. The molecule has 23 nitrogen and oxygen atoms in total. The maximum atomic E-state index is 13.6. The fourth-order valence-corrected chi connectivity index (χ4v) is 4.54. The molecular formula is C25H43N13O10. The van der Waals surface area contributed by atoms with E-state index < -0.39 is 110 Å². The lowest BCUT2D eigenvalue weighted by Gasteiger charge is -2.33. The first-order valence-corrected chi connectivity index (χ1v) is 14.8. The molecule has 0 aliphatic carbocycles. The molecule has 0 aromatic carbocycles. The molecule has 48 heavy (non-hydrogen) atoms. The Morgan fingerprint density at radius 3 is 2.17 bits per heavy atom. The number of guanidine groups is 1. The fraction of sp³-hybridized carbons (Fsp3) is 0.640. The first kappa shape index (κ1) is 39.2. The average Bonchev–Trinajstić information content (AvgIpc) is 3.02. The SMILES string of the molecule is NCCC[C@H](N)CC(=O)N[C@H]1CNC(=O)[C@H]([C@H]2C[C@H](O)N=C(N)N2)NC(=O)C(C=NC(N)=O)NC(=O)[C@H](CO)NC(=O)[C@H](CO)NC1=O. The Balaban J connectivity index is 2.53. The van der Waals surface area contributed by atoms with Gasteiger partial charge in [-0.2, -0.15) is 0 Å². The number of aliphatic imine (C=N–C) groups is 2. The summed E-state index contributed by atoms with van der Waals surface area (Å²) in [6.07, 6.45) is -0.380. The van der Waals surface area contributed by atoms with Crippen molar-refractivity contribution in [2.24, 2.45) is 32.9 Å². The molecular weight excluding hydrogens is 642 g/mol. The lowest BCUT2D eigenvalue weighted by atomic mass is 10.0. The molecule has 0 bridgehead atoms. The zero-order chi connectivity index (χ0) is 36.0. The first-order chi connectivity index (χ1) is 22.7. The molecule has 1 fully saturated rings. The van der Waals surface area contributed by atoms with Gasteiger partial charge in [0.05, 0.1) is 19.3 Å². The molecule has 1 unspecified atom stereocenters. The van der Waals surface area contributed by atoms with Crippen molar-refractivity contribution in [1.82, 2.24) is 37.2 Å². The smallest absolute Gasteiger partial charge is 0.338 e. The minimum Gasteiger partial charge on any atom is -0.394 e. The number of hydrogen-bond acceptors (Lipinski definition) is 15. The van der Waals surface area contributed by atoms with Gasteiger partial charge >= 0.3 is 6.03 Å². The Kier molecular flexibility index (Phi) is 15.5. The summed E-state index contributed by atoms with van der Waals surface area (Å²) in [6, 6.07) is -11.6. The minimum atomic E-state index is -1.83. The van der Waals surface area contributed by atoms with Crippen LogP contribution in [-0.4, -0.2) is 144 Å². The summed E-state index contributed by atoms with van der Waals surface area (Å²) in [6.45, 7) is -2.36. The van der Waals surface area contributed by atoms with Gasteiger partial charge in [0, 0.05) is 31.6 Å². The number of nitrogens with zero attached hydrogens (tertiary/aromatic N) is 2. The van der Waals surface area contributed by atoms with Crippen LogP contribution in [0.25, 0.3) is 0 Å². The molecule has 2 rings (SSSR count). The number of urea groups is 1. The Hall–Kier alpha value is -4.97.